The van der Waals surface area contributed by atoms with E-state index < -0.39 is 17.2 Å². The van der Waals surface area contributed by atoms with Crippen LogP contribution in [0.3, 0.4) is 0 Å². The second kappa shape index (κ2) is 13.7. The summed E-state index contributed by atoms with van der Waals surface area (Å²) in [6, 6.07) is 20.2. The number of halogens is 2. The Hall–Kier alpha value is -4.43. The summed E-state index contributed by atoms with van der Waals surface area (Å²) in [5.41, 5.74) is 4.14. The Labute approximate surface area is 266 Å². The molecule has 0 unspecified atom stereocenters. The summed E-state index contributed by atoms with van der Waals surface area (Å²) in [6.07, 6.45) is 6.87. The van der Waals surface area contributed by atoms with Gasteiger partial charge in [-0.05, 0) is 73.6 Å². The molecule has 2 aliphatic rings. The number of nitrogens with one attached hydrogen (secondary N) is 1. The highest BCUT2D eigenvalue weighted by Crippen LogP contribution is 2.28. The van der Waals surface area contributed by atoms with Gasteiger partial charge >= 0.3 is 0 Å². The number of nitrogens with zero attached hydrogens (tertiary/aromatic N) is 2. The maximum atomic E-state index is 13.8. The maximum Gasteiger partial charge on any atom is 0.287 e. The van der Waals surface area contributed by atoms with Gasteiger partial charge in [0.2, 0.25) is 5.91 Å². The average Bonchev–Trinajstić information content (AvgIpc) is 3.03. The standard InChI is InChI=1S/C36H35ClFN3O4/c37-27-10-8-24(9-11-27)19-29(39-36(44)34-22-32(42)30-13-12-28(38)21-33(30)45-34)20-25-14-17-40(18-15-25)31-6-2-1-5-26(31)23-41-16-4-3-7-35(41)43/h1-2,5-6,8-13,20-22,29H,3-4,7,14-19,23H2,(H,39,44)/t29-/m1/s1. The van der Waals surface area contributed by atoms with Gasteiger partial charge in [-0.1, -0.05) is 53.6 Å². The van der Waals surface area contributed by atoms with Crippen LogP contribution in [0.4, 0.5) is 10.1 Å². The van der Waals surface area contributed by atoms with Crippen molar-refractivity contribution in [1.82, 2.24) is 10.2 Å². The number of para-hydroxylation sites is 1. The van der Waals surface area contributed by atoms with Crippen molar-refractivity contribution in [2.24, 2.45) is 0 Å². The number of anilines is 1. The van der Waals surface area contributed by atoms with Crippen molar-refractivity contribution < 1.29 is 18.4 Å². The van der Waals surface area contributed by atoms with Crippen LogP contribution in [-0.4, -0.2) is 42.4 Å². The minimum absolute atomic E-state index is 0.0255. The number of carbonyl (C=O) groups is 2. The first kappa shape index (κ1) is 30.6. The Morgan fingerprint density at radius 2 is 1.73 bits per heavy atom. The molecule has 9 heteroatoms. The Balaban J connectivity index is 1.19. The van der Waals surface area contributed by atoms with Crippen LogP contribution in [0.5, 0.6) is 0 Å². The number of hydrogen-bond acceptors (Lipinski definition) is 5. The van der Waals surface area contributed by atoms with Crippen LogP contribution >= 0.6 is 11.6 Å². The number of fused-ring (bicyclic) bond motifs is 1. The van der Waals surface area contributed by atoms with E-state index in [9.17, 15) is 18.8 Å². The highest BCUT2D eigenvalue weighted by Gasteiger charge is 2.23. The molecule has 0 bridgehead atoms. The fourth-order valence-corrected chi connectivity index (χ4v) is 6.31. The van der Waals surface area contributed by atoms with E-state index in [0.717, 1.165) is 74.3 Å². The van der Waals surface area contributed by atoms with Crippen LogP contribution in [0.1, 0.15) is 53.8 Å². The Bertz CT molecular complexity index is 1790. The quantitative estimate of drug-likeness (QED) is 0.221. The molecule has 2 amide bonds. The van der Waals surface area contributed by atoms with E-state index in [1.807, 2.05) is 41.3 Å². The van der Waals surface area contributed by atoms with Gasteiger partial charge in [0, 0.05) is 55.4 Å². The normalized spacial score (nSPS) is 16.1. The summed E-state index contributed by atoms with van der Waals surface area (Å²) in [5.74, 6) is -1.05. The van der Waals surface area contributed by atoms with Gasteiger partial charge in [-0.25, -0.2) is 4.39 Å². The van der Waals surface area contributed by atoms with Gasteiger partial charge in [0.05, 0.1) is 11.4 Å². The van der Waals surface area contributed by atoms with Gasteiger partial charge in [0.25, 0.3) is 5.91 Å². The fourth-order valence-electron chi connectivity index (χ4n) is 6.18. The number of amides is 2. The molecule has 3 aromatic carbocycles. The monoisotopic (exact) mass is 627 g/mol. The average molecular weight is 628 g/mol. The van der Waals surface area contributed by atoms with Crippen molar-refractivity contribution in [3.05, 3.63) is 122 Å². The molecular weight excluding hydrogens is 593 g/mol. The van der Waals surface area contributed by atoms with E-state index in [4.69, 9.17) is 16.0 Å². The van der Waals surface area contributed by atoms with Gasteiger partial charge in [-0.15, -0.1) is 0 Å². The molecule has 1 atom stereocenters. The van der Waals surface area contributed by atoms with E-state index in [0.29, 0.717) is 24.4 Å². The predicted molar refractivity (Wildman–Crippen MR) is 174 cm³/mol. The largest absolute Gasteiger partial charge is 0.451 e. The molecule has 232 valence electrons. The SMILES string of the molecule is O=C(N[C@@H](C=C1CCN(c2ccccc2CN2CCCCC2=O)CC1)Cc1ccc(Cl)cc1)c1cc(=O)c2ccc(F)cc2o1. The third-order valence-electron chi connectivity index (χ3n) is 8.56. The number of likely N-dealkylation sites (tertiary alicyclic amines) is 1. The topological polar surface area (TPSA) is 82.9 Å². The van der Waals surface area contributed by atoms with Crippen molar-refractivity contribution in [3.8, 4) is 0 Å². The zero-order valence-corrected chi connectivity index (χ0v) is 25.7. The van der Waals surface area contributed by atoms with E-state index in [2.05, 4.69) is 28.4 Å². The third-order valence-corrected chi connectivity index (χ3v) is 8.81. The van der Waals surface area contributed by atoms with Crippen molar-refractivity contribution in [2.45, 2.75) is 51.1 Å². The van der Waals surface area contributed by atoms with Crippen molar-refractivity contribution in [2.75, 3.05) is 24.5 Å². The Morgan fingerprint density at radius 1 is 0.956 bits per heavy atom. The fraction of sp³-hybridized carbons (Fsp3) is 0.306. The van der Waals surface area contributed by atoms with Crippen molar-refractivity contribution in [3.63, 3.8) is 0 Å². The summed E-state index contributed by atoms with van der Waals surface area (Å²) in [7, 11) is 0. The van der Waals surface area contributed by atoms with Gasteiger partial charge in [0.1, 0.15) is 11.4 Å². The minimum atomic E-state index is -0.553. The number of piperidine rings is 2. The van der Waals surface area contributed by atoms with Gasteiger partial charge in [0.15, 0.2) is 11.2 Å². The lowest BCUT2D eigenvalue weighted by molar-refractivity contribution is -0.133. The van der Waals surface area contributed by atoms with E-state index in [-0.39, 0.29) is 28.7 Å². The molecule has 7 nitrogen and oxygen atoms in total. The van der Waals surface area contributed by atoms with Crippen molar-refractivity contribution >= 4 is 40.1 Å². The number of rotatable bonds is 8. The number of carbonyl (C=O) groups excluding carboxylic acids is 2. The smallest absolute Gasteiger partial charge is 0.287 e. The lowest BCUT2D eigenvalue weighted by atomic mass is 9.97. The lowest BCUT2D eigenvalue weighted by Gasteiger charge is -2.34. The number of hydrogen-bond donors (Lipinski definition) is 1. The minimum Gasteiger partial charge on any atom is -0.451 e. The molecule has 0 saturated carbocycles. The summed E-state index contributed by atoms with van der Waals surface area (Å²) < 4.78 is 19.5. The second-order valence-electron chi connectivity index (χ2n) is 11.7. The van der Waals surface area contributed by atoms with Crippen LogP contribution in [0, 0.1) is 5.82 Å². The molecule has 0 aliphatic carbocycles. The van der Waals surface area contributed by atoms with Crippen LogP contribution < -0.4 is 15.6 Å². The molecule has 0 spiro atoms. The summed E-state index contributed by atoms with van der Waals surface area (Å²) in [5, 5.41) is 3.86. The Morgan fingerprint density at radius 3 is 2.51 bits per heavy atom. The van der Waals surface area contributed by atoms with E-state index >= 15 is 0 Å². The van der Waals surface area contributed by atoms with Crippen LogP contribution in [0.15, 0.2) is 93.7 Å². The molecule has 45 heavy (non-hydrogen) atoms. The molecule has 1 N–H and O–H groups in total. The maximum absolute atomic E-state index is 13.8. The van der Waals surface area contributed by atoms with Gasteiger partial charge in [-0.2, -0.15) is 0 Å². The van der Waals surface area contributed by atoms with Crippen LogP contribution in [0.2, 0.25) is 5.02 Å². The third kappa shape index (κ3) is 7.45. The Kier molecular flexibility index (Phi) is 9.31. The second-order valence-corrected chi connectivity index (χ2v) is 12.2. The van der Waals surface area contributed by atoms with E-state index in [1.165, 1.54) is 17.7 Å². The highest BCUT2D eigenvalue weighted by atomic mass is 35.5. The number of benzene rings is 3. The molecule has 3 heterocycles. The van der Waals surface area contributed by atoms with E-state index in [1.54, 1.807) is 0 Å². The molecular formula is C36H35ClFN3O4. The summed E-state index contributed by atoms with van der Waals surface area (Å²) in [4.78, 5) is 42.8. The molecule has 2 fully saturated rings. The van der Waals surface area contributed by atoms with Gasteiger partial charge in [-0.3, -0.25) is 14.4 Å². The zero-order chi connectivity index (χ0) is 31.3. The molecule has 0 radical (unpaired) electrons. The highest BCUT2D eigenvalue weighted by molar-refractivity contribution is 6.30. The van der Waals surface area contributed by atoms with Crippen LogP contribution in [-0.2, 0) is 17.8 Å². The first-order valence-electron chi connectivity index (χ1n) is 15.4. The predicted octanol–water partition coefficient (Wildman–Crippen LogP) is 6.67. The first-order chi connectivity index (χ1) is 21.8. The zero-order valence-electron chi connectivity index (χ0n) is 24.9. The van der Waals surface area contributed by atoms with Crippen molar-refractivity contribution in [1.29, 1.82) is 0 Å². The summed E-state index contributed by atoms with van der Waals surface area (Å²) in [6.45, 7) is 3.05. The molecule has 4 aromatic rings. The van der Waals surface area contributed by atoms with Crippen LogP contribution in [0.25, 0.3) is 11.0 Å². The molecule has 2 saturated heterocycles. The molecule has 1 aromatic heterocycles. The molecule has 6 rings (SSSR count). The lowest BCUT2D eigenvalue weighted by Crippen LogP contribution is -2.37. The first-order valence-corrected chi connectivity index (χ1v) is 15.8. The molecule has 2 aliphatic heterocycles. The van der Waals surface area contributed by atoms with Gasteiger partial charge < -0.3 is 19.5 Å². The summed E-state index contributed by atoms with van der Waals surface area (Å²) >= 11 is 6.10.